The highest BCUT2D eigenvalue weighted by Gasteiger charge is 2.24. The van der Waals surface area contributed by atoms with E-state index in [1.54, 1.807) is 14.2 Å². The Balaban J connectivity index is 3.51. The third-order valence-corrected chi connectivity index (χ3v) is 4.68. The van der Waals surface area contributed by atoms with Crippen molar-refractivity contribution in [2.24, 2.45) is 0 Å². The van der Waals surface area contributed by atoms with Crippen molar-refractivity contribution >= 4 is 21.9 Å². The molecule has 0 aliphatic rings. The van der Waals surface area contributed by atoms with Crippen molar-refractivity contribution in [3.63, 3.8) is 0 Å². The highest BCUT2D eigenvalue weighted by molar-refractivity contribution is 9.10. The van der Waals surface area contributed by atoms with Crippen LogP contribution >= 0.6 is 15.9 Å². The Morgan fingerprint density at radius 1 is 1.32 bits per heavy atom. The normalized spacial score (nSPS) is 12.3. The van der Waals surface area contributed by atoms with Crippen LogP contribution in [-0.2, 0) is 4.79 Å². The minimum absolute atomic E-state index is 0.0165. The molecule has 1 rings (SSSR count). The standard InChI is InChI=1S/C14H20BrNO3/c1-7-8(2)14(19-5)12(9(3)13(7)15)10(16-4)6-11(17)18/h10,16H,6H2,1-5H3,(H,17,18). The number of ether oxygens (including phenoxy) is 1. The van der Waals surface area contributed by atoms with Crippen LogP contribution in [0.15, 0.2) is 4.47 Å². The van der Waals surface area contributed by atoms with E-state index in [1.165, 1.54) is 0 Å². The quantitative estimate of drug-likeness (QED) is 0.871. The monoisotopic (exact) mass is 329 g/mol. The molecule has 0 aliphatic heterocycles. The van der Waals surface area contributed by atoms with E-state index >= 15 is 0 Å². The summed E-state index contributed by atoms with van der Waals surface area (Å²) in [5.74, 6) is -0.0750. The van der Waals surface area contributed by atoms with Crippen LogP contribution in [-0.4, -0.2) is 25.2 Å². The van der Waals surface area contributed by atoms with Gasteiger partial charge in [0.1, 0.15) is 5.75 Å². The number of hydrogen-bond acceptors (Lipinski definition) is 3. The van der Waals surface area contributed by atoms with Crippen LogP contribution in [0, 0.1) is 20.8 Å². The van der Waals surface area contributed by atoms with Gasteiger partial charge in [-0.2, -0.15) is 0 Å². The Bertz CT molecular complexity index is 500. The van der Waals surface area contributed by atoms with E-state index in [0.717, 1.165) is 32.5 Å². The van der Waals surface area contributed by atoms with Gasteiger partial charge in [-0.3, -0.25) is 4.79 Å². The van der Waals surface area contributed by atoms with Crippen molar-refractivity contribution < 1.29 is 14.6 Å². The van der Waals surface area contributed by atoms with Crippen molar-refractivity contribution in [2.75, 3.05) is 14.2 Å². The van der Waals surface area contributed by atoms with E-state index in [4.69, 9.17) is 9.84 Å². The summed E-state index contributed by atoms with van der Waals surface area (Å²) < 4.78 is 6.51. The fourth-order valence-electron chi connectivity index (χ4n) is 2.31. The molecule has 0 aliphatic carbocycles. The number of benzene rings is 1. The molecular weight excluding hydrogens is 310 g/mol. The maximum atomic E-state index is 11.0. The predicted molar refractivity (Wildman–Crippen MR) is 79.0 cm³/mol. The summed E-state index contributed by atoms with van der Waals surface area (Å²) in [5.41, 5.74) is 4.06. The maximum Gasteiger partial charge on any atom is 0.305 e. The van der Waals surface area contributed by atoms with Gasteiger partial charge in [-0.15, -0.1) is 0 Å². The summed E-state index contributed by atoms with van der Waals surface area (Å²) in [6.07, 6.45) is 0.0165. The van der Waals surface area contributed by atoms with Crippen molar-refractivity contribution in [3.8, 4) is 5.75 Å². The zero-order chi connectivity index (χ0) is 14.7. The van der Waals surface area contributed by atoms with Crippen LogP contribution in [0.3, 0.4) is 0 Å². The molecule has 0 saturated carbocycles. The lowest BCUT2D eigenvalue weighted by atomic mass is 9.92. The molecule has 0 fully saturated rings. The average Bonchev–Trinajstić information content (AvgIpc) is 2.37. The molecular formula is C14H20BrNO3. The van der Waals surface area contributed by atoms with E-state index < -0.39 is 5.97 Å². The third kappa shape index (κ3) is 3.09. The lowest BCUT2D eigenvalue weighted by Gasteiger charge is -2.24. The molecule has 0 radical (unpaired) electrons. The molecule has 0 saturated heterocycles. The topological polar surface area (TPSA) is 58.6 Å². The molecule has 106 valence electrons. The Morgan fingerprint density at radius 3 is 2.32 bits per heavy atom. The van der Waals surface area contributed by atoms with Gasteiger partial charge in [0.25, 0.3) is 0 Å². The summed E-state index contributed by atoms with van der Waals surface area (Å²) in [7, 11) is 3.38. The Labute approximate surface area is 122 Å². The first kappa shape index (κ1) is 16.0. The van der Waals surface area contributed by atoms with Gasteiger partial charge < -0.3 is 15.2 Å². The molecule has 1 atom stereocenters. The van der Waals surface area contributed by atoms with Crippen LogP contribution in [0.1, 0.15) is 34.7 Å². The van der Waals surface area contributed by atoms with Gasteiger partial charge in [-0.1, -0.05) is 15.9 Å². The largest absolute Gasteiger partial charge is 0.496 e. The van der Waals surface area contributed by atoms with Crippen LogP contribution in [0.25, 0.3) is 0 Å². The van der Waals surface area contributed by atoms with Gasteiger partial charge in [0.15, 0.2) is 0 Å². The van der Waals surface area contributed by atoms with Gasteiger partial charge in [0.2, 0.25) is 0 Å². The molecule has 2 N–H and O–H groups in total. The number of halogens is 1. The van der Waals surface area contributed by atoms with Crippen LogP contribution in [0.5, 0.6) is 5.75 Å². The second-order valence-corrected chi connectivity index (χ2v) is 5.37. The van der Waals surface area contributed by atoms with Crippen LogP contribution < -0.4 is 10.1 Å². The highest BCUT2D eigenvalue weighted by atomic mass is 79.9. The van der Waals surface area contributed by atoms with E-state index in [-0.39, 0.29) is 12.5 Å². The fourth-order valence-corrected chi connectivity index (χ4v) is 2.82. The minimum atomic E-state index is -0.838. The molecule has 1 aromatic carbocycles. The minimum Gasteiger partial charge on any atom is -0.496 e. The molecule has 0 amide bonds. The number of hydrogen-bond donors (Lipinski definition) is 2. The van der Waals surface area contributed by atoms with Gasteiger partial charge in [-0.05, 0) is 44.5 Å². The Morgan fingerprint density at radius 2 is 1.89 bits per heavy atom. The predicted octanol–water partition coefficient (Wildman–Crippen LogP) is 3.12. The van der Waals surface area contributed by atoms with Crippen molar-refractivity contribution in [3.05, 3.63) is 26.7 Å². The lowest BCUT2D eigenvalue weighted by Crippen LogP contribution is -2.22. The van der Waals surface area contributed by atoms with Crippen LogP contribution in [0.4, 0.5) is 0 Å². The first-order chi connectivity index (χ1) is 8.84. The van der Waals surface area contributed by atoms with Crippen molar-refractivity contribution in [2.45, 2.75) is 33.2 Å². The van der Waals surface area contributed by atoms with Gasteiger partial charge >= 0.3 is 5.97 Å². The van der Waals surface area contributed by atoms with Gasteiger partial charge in [-0.25, -0.2) is 0 Å². The second kappa shape index (κ2) is 6.39. The van der Waals surface area contributed by atoms with E-state index in [1.807, 2.05) is 20.8 Å². The Kier molecular flexibility index (Phi) is 5.38. The van der Waals surface area contributed by atoms with Gasteiger partial charge in [0.05, 0.1) is 13.5 Å². The first-order valence-corrected chi connectivity index (χ1v) is 6.86. The van der Waals surface area contributed by atoms with Crippen molar-refractivity contribution in [1.29, 1.82) is 0 Å². The molecule has 4 nitrogen and oxygen atoms in total. The van der Waals surface area contributed by atoms with E-state index in [0.29, 0.717) is 0 Å². The number of carbonyl (C=O) groups is 1. The number of nitrogens with one attached hydrogen (secondary N) is 1. The van der Waals surface area contributed by atoms with E-state index in [2.05, 4.69) is 21.2 Å². The average molecular weight is 330 g/mol. The SMILES string of the molecule is CNC(CC(=O)O)c1c(C)c(Br)c(C)c(C)c1OC. The summed E-state index contributed by atoms with van der Waals surface area (Å²) >= 11 is 3.58. The fraction of sp³-hybridized carbons (Fsp3) is 0.500. The number of carboxylic acid groups (broad SMARTS) is 1. The number of aliphatic carboxylic acids is 1. The zero-order valence-electron chi connectivity index (χ0n) is 11.9. The third-order valence-electron chi connectivity index (χ3n) is 3.49. The molecule has 0 spiro atoms. The lowest BCUT2D eigenvalue weighted by molar-refractivity contribution is -0.137. The smallest absolute Gasteiger partial charge is 0.305 e. The molecule has 0 heterocycles. The highest BCUT2D eigenvalue weighted by Crippen LogP contribution is 2.40. The van der Waals surface area contributed by atoms with Crippen LogP contribution in [0.2, 0.25) is 0 Å². The summed E-state index contributed by atoms with van der Waals surface area (Å²) in [6.45, 7) is 5.97. The molecule has 1 unspecified atom stereocenters. The summed E-state index contributed by atoms with van der Waals surface area (Å²) in [5, 5.41) is 12.1. The second-order valence-electron chi connectivity index (χ2n) is 4.58. The summed E-state index contributed by atoms with van der Waals surface area (Å²) in [6, 6.07) is -0.275. The van der Waals surface area contributed by atoms with E-state index in [9.17, 15) is 4.79 Å². The Hall–Kier alpha value is -1.07. The molecule has 5 heteroatoms. The molecule has 0 aromatic heterocycles. The maximum absolute atomic E-state index is 11.0. The van der Waals surface area contributed by atoms with Crippen molar-refractivity contribution in [1.82, 2.24) is 5.32 Å². The summed E-state index contributed by atoms with van der Waals surface area (Å²) in [4.78, 5) is 11.0. The molecule has 19 heavy (non-hydrogen) atoms. The number of methoxy groups -OCH3 is 1. The number of rotatable bonds is 5. The zero-order valence-corrected chi connectivity index (χ0v) is 13.5. The van der Waals surface area contributed by atoms with Gasteiger partial charge in [0, 0.05) is 16.1 Å². The first-order valence-electron chi connectivity index (χ1n) is 6.07. The molecule has 1 aromatic rings. The number of carboxylic acids is 1. The molecule has 0 bridgehead atoms.